The van der Waals surface area contributed by atoms with E-state index in [-0.39, 0.29) is 49.5 Å². The van der Waals surface area contributed by atoms with Gasteiger partial charge in [-0.1, -0.05) is 0 Å². The number of hydrogen-bond acceptors (Lipinski definition) is 11. The Kier molecular flexibility index (Phi) is 11.7. The zero-order valence-corrected chi connectivity index (χ0v) is 38.2. The van der Waals surface area contributed by atoms with Crippen molar-refractivity contribution in [2.24, 2.45) is 11.3 Å². The van der Waals surface area contributed by atoms with Crippen molar-refractivity contribution in [3.05, 3.63) is 114 Å². The number of amides is 6. The molecule has 18 heteroatoms. The van der Waals surface area contributed by atoms with Gasteiger partial charge in [0, 0.05) is 92.0 Å². The molecule has 7 heterocycles. The molecule has 16 nitrogen and oxygen atoms in total. The topological polar surface area (TPSA) is 186 Å². The van der Waals surface area contributed by atoms with Crippen molar-refractivity contribution >= 4 is 69.1 Å². The van der Waals surface area contributed by atoms with Gasteiger partial charge in [0.2, 0.25) is 29.5 Å². The first-order valence-corrected chi connectivity index (χ1v) is 23.9. The zero-order chi connectivity index (χ0) is 48.3. The molecule has 6 fully saturated rings. The summed E-state index contributed by atoms with van der Waals surface area (Å²) >= 11 is 0. The normalized spacial score (nSPS) is 22.0. The van der Waals surface area contributed by atoms with E-state index in [0.717, 1.165) is 44.5 Å². The molecule has 12 rings (SSSR count). The smallest absolute Gasteiger partial charge is 0.255 e. The van der Waals surface area contributed by atoms with Gasteiger partial charge < -0.3 is 30.5 Å². The molecule has 0 spiro atoms. The van der Waals surface area contributed by atoms with Crippen LogP contribution in [0, 0.1) is 23.0 Å². The van der Waals surface area contributed by atoms with Crippen molar-refractivity contribution in [3.8, 4) is 11.5 Å². The molecule has 6 amide bonds. The molecule has 360 valence electrons. The highest BCUT2D eigenvalue weighted by atomic mass is 19.1. The minimum absolute atomic E-state index is 0.126. The zero-order valence-electron chi connectivity index (χ0n) is 38.2. The van der Waals surface area contributed by atoms with Gasteiger partial charge in [-0.25, -0.2) is 8.78 Å². The van der Waals surface area contributed by atoms with E-state index in [9.17, 15) is 33.2 Å². The number of nitrogens with one attached hydrogen (secondary N) is 4. The van der Waals surface area contributed by atoms with Crippen LogP contribution in [0.15, 0.2) is 91.1 Å². The maximum atomic E-state index is 16.0. The number of anilines is 4. The predicted octanol–water partition coefficient (Wildman–Crippen LogP) is 6.04. The number of nitrogens with zero attached hydrogens (tertiary/aromatic N) is 5. The number of rotatable bonds is 13. The number of halogens is 2. The van der Waals surface area contributed by atoms with Crippen molar-refractivity contribution in [1.29, 1.82) is 0 Å². The second-order valence-corrected chi connectivity index (χ2v) is 19.4. The van der Waals surface area contributed by atoms with Crippen LogP contribution in [-0.4, -0.2) is 113 Å². The van der Waals surface area contributed by atoms with E-state index >= 15 is 4.39 Å². The van der Waals surface area contributed by atoms with Crippen molar-refractivity contribution < 1.29 is 42.3 Å². The predicted molar refractivity (Wildman–Crippen MR) is 255 cm³/mol. The summed E-state index contributed by atoms with van der Waals surface area (Å²) in [7, 11) is 0. The van der Waals surface area contributed by atoms with Crippen molar-refractivity contribution in [2.45, 2.75) is 69.6 Å². The number of imide groups is 1. The Morgan fingerprint density at radius 2 is 1.49 bits per heavy atom. The summed E-state index contributed by atoms with van der Waals surface area (Å²) in [6.07, 6.45) is 5.86. The molecule has 0 radical (unpaired) electrons. The number of carbonyl (C=O) groups excluding carboxylic acids is 6. The minimum Gasteiger partial charge on any atom is -0.457 e. The Bertz CT molecular complexity index is 2930. The number of carbonyl (C=O) groups is 6. The second-order valence-electron chi connectivity index (χ2n) is 19.4. The third-order valence-corrected chi connectivity index (χ3v) is 14.9. The maximum Gasteiger partial charge on any atom is 0.255 e. The number of piperazine rings is 1. The lowest BCUT2D eigenvalue weighted by Gasteiger charge is -2.57. The van der Waals surface area contributed by atoms with Gasteiger partial charge in [0.25, 0.3) is 5.91 Å². The molecule has 4 N–H and O–H groups in total. The summed E-state index contributed by atoms with van der Waals surface area (Å²) < 4.78 is 35.5. The van der Waals surface area contributed by atoms with Crippen molar-refractivity contribution in [2.75, 3.05) is 60.1 Å². The lowest BCUT2D eigenvalue weighted by Crippen LogP contribution is -2.69. The van der Waals surface area contributed by atoms with Gasteiger partial charge in [-0.05, 0) is 135 Å². The molecule has 7 aliphatic rings. The third kappa shape index (κ3) is 8.92. The average molecular weight is 952 g/mol. The van der Waals surface area contributed by atoms with E-state index in [0.29, 0.717) is 94.6 Å². The number of fused-ring (bicyclic) bond motifs is 4. The Morgan fingerprint density at radius 3 is 2.17 bits per heavy atom. The summed E-state index contributed by atoms with van der Waals surface area (Å²) in [6.45, 7) is 4.51. The van der Waals surface area contributed by atoms with Crippen LogP contribution in [0.3, 0.4) is 0 Å². The fourth-order valence-electron chi connectivity index (χ4n) is 10.8. The van der Waals surface area contributed by atoms with Gasteiger partial charge in [-0.15, -0.1) is 0 Å². The van der Waals surface area contributed by atoms with Gasteiger partial charge in [-0.2, -0.15) is 0 Å². The standard InChI is InChI=1S/C52H51F2N9O7/c53-32-1-3-33(4-2-32)57-50(68)52(16-17-52)51(69)58-34-5-8-38(9-6-34)70-45-13-18-55-42-24-44(41(54)23-40(42)45)61-19-14-30(15-20-61)25-62-36-22-37(62)28-60(27-36)29-47(65)56-35-7-10-39-31(21-35)26-63(49(39)67)43-11-12-46(64)59-48(43)66/h1-10,13,18,21,23-24,30,36-37,43H,11-12,14-17,19-20,22,25-29H2,(H,56,65)(H,57,68)(H,58,69)(H,59,64,66). The van der Waals surface area contributed by atoms with E-state index in [4.69, 9.17) is 4.74 Å². The van der Waals surface area contributed by atoms with Crippen LogP contribution in [0.2, 0.25) is 0 Å². The number of ether oxygens (including phenoxy) is 1. The number of aromatic nitrogens is 1. The highest BCUT2D eigenvalue weighted by Gasteiger charge is 2.56. The lowest BCUT2D eigenvalue weighted by atomic mass is 9.84. The first-order valence-electron chi connectivity index (χ1n) is 23.9. The summed E-state index contributed by atoms with van der Waals surface area (Å²) in [6, 6.07) is 22.3. The molecule has 2 bridgehead atoms. The van der Waals surface area contributed by atoms with E-state index < -0.39 is 35.0 Å². The van der Waals surface area contributed by atoms with E-state index in [2.05, 4.69) is 41.0 Å². The Hall–Kier alpha value is -7.31. The molecule has 5 saturated heterocycles. The van der Waals surface area contributed by atoms with Crippen LogP contribution in [0.1, 0.15) is 60.9 Å². The van der Waals surface area contributed by atoms with Crippen LogP contribution in [-0.2, 0) is 30.5 Å². The molecule has 1 aromatic heterocycles. The van der Waals surface area contributed by atoms with Crippen LogP contribution in [0.4, 0.5) is 31.5 Å². The second kappa shape index (κ2) is 18.2. The van der Waals surface area contributed by atoms with E-state index in [1.165, 1.54) is 35.2 Å². The maximum absolute atomic E-state index is 16.0. The minimum atomic E-state index is -1.20. The van der Waals surface area contributed by atoms with Crippen molar-refractivity contribution in [3.63, 3.8) is 0 Å². The van der Waals surface area contributed by atoms with Gasteiger partial charge in [0.1, 0.15) is 34.6 Å². The molecule has 70 heavy (non-hydrogen) atoms. The third-order valence-electron chi connectivity index (χ3n) is 14.9. The van der Waals surface area contributed by atoms with Crippen molar-refractivity contribution in [1.82, 2.24) is 25.0 Å². The van der Waals surface area contributed by atoms with Crippen LogP contribution in [0.5, 0.6) is 11.5 Å². The fraction of sp³-hybridized carbons (Fsp3) is 0.365. The largest absolute Gasteiger partial charge is 0.457 e. The molecule has 3 unspecified atom stereocenters. The summed E-state index contributed by atoms with van der Waals surface area (Å²) in [5.74, 6) is -1.46. The quantitative estimate of drug-likeness (QED) is 0.0798. The van der Waals surface area contributed by atoms with Crippen LogP contribution in [0.25, 0.3) is 10.9 Å². The van der Waals surface area contributed by atoms with Gasteiger partial charge >= 0.3 is 0 Å². The van der Waals surface area contributed by atoms with Crippen LogP contribution >= 0.6 is 0 Å². The molecule has 3 atom stereocenters. The lowest BCUT2D eigenvalue weighted by molar-refractivity contribution is -0.137. The van der Waals surface area contributed by atoms with Gasteiger partial charge in [0.15, 0.2) is 0 Å². The van der Waals surface area contributed by atoms with Crippen LogP contribution < -0.4 is 30.9 Å². The molecular formula is C52H51F2N9O7. The van der Waals surface area contributed by atoms with Gasteiger partial charge in [0.05, 0.1) is 17.7 Å². The number of hydrogen-bond donors (Lipinski definition) is 4. The monoisotopic (exact) mass is 951 g/mol. The summed E-state index contributed by atoms with van der Waals surface area (Å²) in [5.41, 5.74) is 2.63. The molecular weight excluding hydrogens is 901 g/mol. The summed E-state index contributed by atoms with van der Waals surface area (Å²) in [5, 5.41) is 11.4. The highest BCUT2D eigenvalue weighted by molar-refractivity contribution is 6.17. The van der Waals surface area contributed by atoms with E-state index in [1.807, 2.05) is 0 Å². The molecule has 1 aliphatic carbocycles. The Balaban J connectivity index is 0.637. The molecule has 4 aromatic carbocycles. The molecule has 1 saturated carbocycles. The molecule has 6 aliphatic heterocycles. The fourth-order valence-corrected chi connectivity index (χ4v) is 10.8. The van der Waals surface area contributed by atoms with Gasteiger partial charge in [-0.3, -0.25) is 48.9 Å². The first-order chi connectivity index (χ1) is 33.8. The number of pyridine rings is 1. The highest BCUT2D eigenvalue weighted by Crippen LogP contribution is 2.48. The average Bonchev–Trinajstić information content (AvgIpc) is 4.11. The Morgan fingerprint density at radius 1 is 0.800 bits per heavy atom. The summed E-state index contributed by atoms with van der Waals surface area (Å²) in [4.78, 5) is 89.4. The van der Waals surface area contributed by atoms with E-state index in [1.54, 1.807) is 60.8 Å². The molecule has 5 aromatic rings. The SMILES string of the molecule is O=C1CCC(N2Cc3cc(NC(=O)CN4CC5CC(C4)N5CC4CCN(c5cc6nccc(Oc7ccc(NC(=O)C8(C(=O)Nc9ccc(F)cc9)CC8)cc7)c6cc5F)CC4)ccc3C2=O)C(=O)N1. The number of piperidine rings is 3. The Labute approximate surface area is 401 Å². The number of benzene rings is 4. The first kappa shape index (κ1) is 45.2.